The molecule has 0 radical (unpaired) electrons. The smallest absolute Gasteiger partial charge is 0.306 e. The summed E-state index contributed by atoms with van der Waals surface area (Å²) >= 11 is 0. The van der Waals surface area contributed by atoms with Crippen molar-refractivity contribution in [3.63, 3.8) is 0 Å². The zero-order chi connectivity index (χ0) is 81.7. The van der Waals surface area contributed by atoms with Gasteiger partial charge in [0, 0.05) is 101 Å². The summed E-state index contributed by atoms with van der Waals surface area (Å²) in [5, 5.41) is 59.4. The van der Waals surface area contributed by atoms with Crippen LogP contribution in [0.15, 0.2) is 24.3 Å². The van der Waals surface area contributed by atoms with Crippen LogP contribution in [0.25, 0.3) is 0 Å². The van der Waals surface area contributed by atoms with Crippen LogP contribution in [0.4, 0.5) is 0 Å². The number of amides is 6. The maximum absolute atomic E-state index is 13.5. The van der Waals surface area contributed by atoms with Crippen molar-refractivity contribution in [1.82, 2.24) is 26.6 Å². The van der Waals surface area contributed by atoms with Gasteiger partial charge in [-0.15, -0.1) is 0 Å². The van der Waals surface area contributed by atoms with E-state index in [1.807, 2.05) is 19.1 Å². The van der Waals surface area contributed by atoms with Crippen molar-refractivity contribution in [3.05, 3.63) is 35.4 Å². The quantitative estimate of drug-likeness (QED) is 0.0270. The number of aryl methyl sites for hydroxylation is 1. The first-order chi connectivity index (χ1) is 52.6. The zero-order valence-electron chi connectivity index (χ0n) is 65.6. The number of unbranched alkanes of at least 4 members (excludes halogenated alkanes) is 17. The van der Waals surface area contributed by atoms with Gasteiger partial charge in [-0.2, -0.15) is 0 Å². The molecule has 0 bridgehead atoms. The fourth-order valence-corrected chi connectivity index (χ4v) is 12.4. The molecule has 0 spiro atoms. The molecule has 1 aliphatic carbocycles. The number of carboxylic acids is 5. The predicted molar refractivity (Wildman–Crippen MR) is 408 cm³/mol. The molecule has 0 heterocycles. The second-order valence-electron chi connectivity index (χ2n) is 28.7. The van der Waals surface area contributed by atoms with Crippen molar-refractivity contribution in [3.8, 4) is 0 Å². The molecule has 110 heavy (non-hydrogen) atoms. The van der Waals surface area contributed by atoms with Crippen molar-refractivity contribution in [2.45, 2.75) is 289 Å². The van der Waals surface area contributed by atoms with Gasteiger partial charge in [0.2, 0.25) is 29.5 Å². The Morgan fingerprint density at radius 1 is 0.445 bits per heavy atom. The largest absolute Gasteiger partial charge is 0.481 e. The molecule has 0 aromatic heterocycles. The third-order valence-corrected chi connectivity index (χ3v) is 19.1. The first-order valence-electron chi connectivity index (χ1n) is 39.9. The molecule has 30 heteroatoms. The van der Waals surface area contributed by atoms with Gasteiger partial charge in [-0.05, 0) is 128 Å². The van der Waals surface area contributed by atoms with Crippen LogP contribution in [-0.2, 0) is 86.1 Å². The van der Waals surface area contributed by atoms with Crippen LogP contribution in [0.3, 0.4) is 0 Å². The second kappa shape index (κ2) is 63.5. The molecule has 1 aliphatic rings. The molecule has 1 aromatic rings. The minimum absolute atomic E-state index is 0.0141. The van der Waals surface area contributed by atoms with Crippen LogP contribution in [0, 0.1) is 30.6 Å². The Hall–Kier alpha value is -8.09. The van der Waals surface area contributed by atoms with E-state index in [1.165, 1.54) is 64.2 Å². The summed E-state index contributed by atoms with van der Waals surface area (Å²) in [6.07, 6.45) is 21.8. The Balaban J connectivity index is 0.00000128. The molecule has 2 rings (SSSR count). The van der Waals surface area contributed by atoms with Crippen molar-refractivity contribution in [2.75, 3.05) is 65.9 Å². The number of ether oxygens (including phenoxy) is 4. The number of benzene rings is 1. The van der Waals surface area contributed by atoms with Gasteiger partial charge in [0.1, 0.15) is 25.0 Å². The van der Waals surface area contributed by atoms with Gasteiger partial charge in [-0.1, -0.05) is 121 Å². The second-order valence-corrected chi connectivity index (χ2v) is 28.7. The average molecular weight is 1560 g/mol. The number of hydrogen-bond donors (Lipinski definition) is 11. The summed E-state index contributed by atoms with van der Waals surface area (Å²) in [6, 6.07) is 3.81. The highest BCUT2D eigenvalue weighted by Gasteiger charge is 2.33. The lowest BCUT2D eigenvalue weighted by Gasteiger charge is -2.28. The Morgan fingerprint density at radius 2 is 0.936 bits per heavy atom. The molecule has 30 nitrogen and oxygen atoms in total. The molecule has 5 atom stereocenters. The Kier molecular flexibility index (Phi) is 57.7. The summed E-state index contributed by atoms with van der Waals surface area (Å²) in [5.41, 5.74) is 7.09. The van der Waals surface area contributed by atoms with E-state index in [9.17, 15) is 87.2 Å². The minimum atomic E-state index is -1.45. The first-order valence-corrected chi connectivity index (χ1v) is 39.9. The number of rotatable bonds is 69. The summed E-state index contributed by atoms with van der Waals surface area (Å²) in [4.78, 5) is 182. The number of nitrogens with two attached hydrogens (primary N) is 1. The van der Waals surface area contributed by atoms with Crippen molar-refractivity contribution >= 4 is 88.4 Å². The number of nitrogens with one attached hydrogen (secondary N) is 5. The van der Waals surface area contributed by atoms with E-state index in [0.29, 0.717) is 109 Å². The summed E-state index contributed by atoms with van der Waals surface area (Å²) in [7, 11) is 0. The van der Waals surface area contributed by atoms with E-state index < -0.39 is 134 Å². The molecule has 5 unspecified atom stereocenters. The number of carbonyl (C=O) groups excluding carboxylic acids is 10. The van der Waals surface area contributed by atoms with Crippen LogP contribution in [0.1, 0.15) is 280 Å². The summed E-state index contributed by atoms with van der Waals surface area (Å²) in [5.74, 6) is -13.0. The molecule has 12 N–H and O–H groups in total. The SMILES string of the molecule is CC(=O)C(CCC(=O)O)NC(=O)C(CCC(=O)O)CC(=O)C(CCC(=O)O)NC(=O)CCC(CC(=O)C1CCC(CNC(=O)CCCCCCCCCCCCCCCCCCC(=O)O)CC1)C(=O)O.CCCCOCCOCC(=O)CCCOCCOCC(=O)NC(CCCCNC(=O)c1ccc(C)cc1)C(N)=O. The molecule has 1 saturated carbocycles. The van der Waals surface area contributed by atoms with Crippen molar-refractivity contribution < 1.29 is 116 Å². The highest BCUT2D eigenvalue weighted by atomic mass is 16.5. The first kappa shape index (κ1) is 99.9. The van der Waals surface area contributed by atoms with E-state index >= 15 is 0 Å². The van der Waals surface area contributed by atoms with Crippen LogP contribution in [0.5, 0.6) is 0 Å². The van der Waals surface area contributed by atoms with Crippen molar-refractivity contribution in [1.29, 1.82) is 0 Å². The number of carbonyl (C=O) groups is 15. The highest BCUT2D eigenvalue weighted by Crippen LogP contribution is 2.31. The molecule has 1 aromatic carbocycles. The number of Topliss-reactive ketones (excluding diaryl/α,β-unsaturated/α-hetero) is 4. The van der Waals surface area contributed by atoms with E-state index in [1.54, 1.807) is 12.1 Å². The van der Waals surface area contributed by atoms with Crippen LogP contribution < -0.4 is 32.3 Å². The van der Waals surface area contributed by atoms with E-state index in [4.69, 9.17) is 34.9 Å². The molecule has 0 saturated heterocycles. The predicted octanol–water partition coefficient (Wildman–Crippen LogP) is 9.27. The fourth-order valence-electron chi connectivity index (χ4n) is 12.4. The molecule has 624 valence electrons. The summed E-state index contributed by atoms with van der Waals surface area (Å²) < 4.78 is 21.4. The van der Waals surface area contributed by atoms with Gasteiger partial charge in [0.25, 0.3) is 5.91 Å². The lowest BCUT2D eigenvalue weighted by Crippen LogP contribution is -2.46. The van der Waals surface area contributed by atoms with Gasteiger partial charge in [0.15, 0.2) is 17.3 Å². The normalized spacial score (nSPS) is 14.5. The van der Waals surface area contributed by atoms with Gasteiger partial charge in [-0.25, -0.2) is 0 Å². The summed E-state index contributed by atoms with van der Waals surface area (Å²) in [6.45, 7) is 8.49. The van der Waals surface area contributed by atoms with Gasteiger partial charge >= 0.3 is 29.8 Å². The lowest BCUT2D eigenvalue weighted by molar-refractivity contribution is -0.145. The third-order valence-electron chi connectivity index (χ3n) is 19.1. The zero-order valence-corrected chi connectivity index (χ0v) is 65.6. The number of primary amides is 1. The number of aliphatic carboxylic acids is 5. The van der Waals surface area contributed by atoms with Gasteiger partial charge in [0.05, 0.1) is 44.4 Å². The standard InChI is InChI=1S/C51H83N3O16.C29H47N3O8/c1-35(55)40(26-30-48(64)65)54-50(68)38(25-29-47(62)63)32-43(57)41(27-31-49(66)67)53-45(59)28-24-39(51(69)70)33-42(56)37-22-20-36(21-23-37)34-52-44(58)18-16-14-12-10-8-6-4-2-3-5-7-9-11-13-15-17-19-46(60)61;1-3-4-15-37-17-19-39-21-25(33)8-7-16-38-18-20-40-22-27(34)32-26(28(30)35)9-5-6-14-31-29(36)24-12-10-23(2)11-13-24/h36-41H,2-34H2,1H3,(H,52,58)(H,53,59)(H,54,68)(H,60,61)(H,62,63)(H,64,65)(H,66,67)(H,69,70);10-13,26H,3-9,14-22H2,1-2H3,(H2,30,35)(H,31,36)(H,32,34). The van der Waals surface area contributed by atoms with Crippen LogP contribution in [0.2, 0.25) is 0 Å². The Labute approximate surface area is 648 Å². The number of hydrogen-bond acceptors (Lipinski definition) is 19. The lowest BCUT2D eigenvalue weighted by atomic mass is 9.78. The average Bonchev–Trinajstić information content (AvgIpc) is 0.867. The minimum Gasteiger partial charge on any atom is -0.481 e. The van der Waals surface area contributed by atoms with Gasteiger partial charge in [-0.3, -0.25) is 71.9 Å². The Morgan fingerprint density at radius 3 is 1.46 bits per heavy atom. The topological polar surface area (TPSA) is 480 Å². The molecule has 0 aliphatic heterocycles. The maximum Gasteiger partial charge on any atom is 0.306 e. The molecular formula is C80H130N6O24. The number of ketones is 4. The molecule has 1 fully saturated rings. The van der Waals surface area contributed by atoms with E-state index in [-0.39, 0.29) is 93.7 Å². The van der Waals surface area contributed by atoms with E-state index in [2.05, 4.69) is 33.5 Å². The fraction of sp³-hybridized carbons (Fsp3) is 0.738. The van der Waals surface area contributed by atoms with Crippen molar-refractivity contribution in [2.24, 2.45) is 29.4 Å². The van der Waals surface area contributed by atoms with Crippen LogP contribution >= 0.6 is 0 Å². The van der Waals surface area contributed by atoms with Gasteiger partial charge < -0.3 is 76.8 Å². The Bertz CT molecular complexity index is 2900. The van der Waals surface area contributed by atoms with Crippen LogP contribution in [-0.4, -0.2) is 198 Å². The van der Waals surface area contributed by atoms with E-state index in [0.717, 1.165) is 63.9 Å². The molecule has 6 amide bonds. The third kappa shape index (κ3) is 54.5. The monoisotopic (exact) mass is 1560 g/mol. The molecular weight excluding hydrogens is 1430 g/mol. The number of carboxylic acid groups (broad SMARTS) is 5. The highest BCUT2D eigenvalue weighted by molar-refractivity contribution is 5.95. The maximum atomic E-state index is 13.5.